The van der Waals surface area contributed by atoms with E-state index in [-0.39, 0.29) is 17.5 Å². The standard InChI is InChI=1S/C37H38N2O5S/c1-37(2,3)26-9-12-27(13-10-26)44-28-11-8-24-19-32(38-31(30(24)20-28)18-23-6-4-5-7-23)35(40)39-33(36(41)42)21-29-14-15-34(45-29)25-16-17-43-22-25/h8-17,19-20,22-23,33H,4-7,18,21H2,1-3H3,(H,39,40)(H,41,42). The summed E-state index contributed by atoms with van der Waals surface area (Å²) in [5.74, 6) is 0.373. The smallest absolute Gasteiger partial charge is 0.326 e. The van der Waals surface area contributed by atoms with Crippen LogP contribution in [0.2, 0.25) is 0 Å². The van der Waals surface area contributed by atoms with E-state index in [1.165, 1.54) is 29.7 Å². The fourth-order valence-corrected chi connectivity index (χ4v) is 7.00. The molecule has 1 unspecified atom stereocenters. The number of carbonyl (C=O) groups excluding carboxylic acids is 1. The van der Waals surface area contributed by atoms with Crippen LogP contribution in [-0.2, 0) is 23.1 Å². The first-order chi connectivity index (χ1) is 21.6. The number of aliphatic carboxylic acids is 1. The molecule has 45 heavy (non-hydrogen) atoms. The lowest BCUT2D eigenvalue weighted by Gasteiger charge is -2.19. The number of fused-ring (bicyclic) bond motifs is 1. The quantitative estimate of drug-likeness (QED) is 0.161. The van der Waals surface area contributed by atoms with Crippen molar-refractivity contribution in [2.75, 3.05) is 0 Å². The molecule has 1 fully saturated rings. The third-order valence-corrected chi connectivity index (χ3v) is 9.66. The van der Waals surface area contributed by atoms with E-state index in [9.17, 15) is 14.7 Å². The number of furan rings is 1. The molecule has 3 aromatic heterocycles. The maximum absolute atomic E-state index is 13.5. The van der Waals surface area contributed by atoms with E-state index in [0.717, 1.165) is 56.8 Å². The minimum absolute atomic E-state index is 0.0604. The monoisotopic (exact) mass is 622 g/mol. The van der Waals surface area contributed by atoms with Crippen LogP contribution in [0.15, 0.2) is 83.7 Å². The van der Waals surface area contributed by atoms with Crippen molar-refractivity contribution in [3.8, 4) is 21.9 Å². The van der Waals surface area contributed by atoms with E-state index < -0.39 is 17.9 Å². The highest BCUT2D eigenvalue weighted by molar-refractivity contribution is 7.15. The third-order valence-electron chi connectivity index (χ3n) is 8.50. The summed E-state index contributed by atoms with van der Waals surface area (Å²) in [7, 11) is 0. The second-order valence-electron chi connectivity index (χ2n) is 12.9. The molecule has 0 bridgehead atoms. The Bertz CT molecular complexity index is 1800. The van der Waals surface area contributed by atoms with Gasteiger partial charge in [0.1, 0.15) is 23.2 Å². The van der Waals surface area contributed by atoms with E-state index in [1.54, 1.807) is 18.6 Å². The van der Waals surface area contributed by atoms with E-state index in [4.69, 9.17) is 14.1 Å². The molecule has 6 rings (SSSR count). The number of carboxylic acids is 1. The fraction of sp³-hybridized carbons (Fsp3) is 0.324. The summed E-state index contributed by atoms with van der Waals surface area (Å²) in [5, 5.41) is 14.5. The van der Waals surface area contributed by atoms with Crippen molar-refractivity contribution in [3.63, 3.8) is 0 Å². The van der Waals surface area contributed by atoms with Gasteiger partial charge < -0.3 is 19.6 Å². The average molecular weight is 623 g/mol. The first kappa shape index (κ1) is 30.6. The van der Waals surface area contributed by atoms with Gasteiger partial charge in [0.2, 0.25) is 0 Å². The van der Waals surface area contributed by atoms with Gasteiger partial charge in [-0.2, -0.15) is 0 Å². The van der Waals surface area contributed by atoms with Gasteiger partial charge in [-0.1, -0.05) is 64.7 Å². The molecule has 0 radical (unpaired) electrons. The minimum Gasteiger partial charge on any atom is -0.480 e. The van der Waals surface area contributed by atoms with Gasteiger partial charge in [-0.3, -0.25) is 4.79 Å². The number of ether oxygens (including phenoxy) is 1. The normalized spacial score (nSPS) is 14.5. The number of hydrogen-bond acceptors (Lipinski definition) is 6. The molecule has 232 valence electrons. The van der Waals surface area contributed by atoms with E-state index in [1.807, 2.05) is 48.5 Å². The highest BCUT2D eigenvalue weighted by Crippen LogP contribution is 2.34. The highest BCUT2D eigenvalue weighted by Gasteiger charge is 2.25. The van der Waals surface area contributed by atoms with Crippen molar-refractivity contribution in [3.05, 3.63) is 101 Å². The van der Waals surface area contributed by atoms with Crippen LogP contribution in [0.25, 0.3) is 21.2 Å². The Morgan fingerprint density at radius 2 is 1.78 bits per heavy atom. The molecule has 0 aliphatic heterocycles. The Kier molecular flexibility index (Phi) is 8.76. The van der Waals surface area contributed by atoms with E-state index in [0.29, 0.717) is 11.7 Å². The number of aromatic nitrogens is 1. The molecule has 1 aliphatic carbocycles. The Hall–Kier alpha value is -4.43. The van der Waals surface area contributed by atoms with Crippen LogP contribution in [0.4, 0.5) is 0 Å². The molecule has 0 saturated heterocycles. The van der Waals surface area contributed by atoms with Crippen LogP contribution in [0.5, 0.6) is 11.5 Å². The van der Waals surface area contributed by atoms with Crippen molar-refractivity contribution in [1.82, 2.24) is 10.3 Å². The summed E-state index contributed by atoms with van der Waals surface area (Å²) < 4.78 is 11.4. The number of nitrogens with zero attached hydrogens (tertiary/aromatic N) is 1. The topological polar surface area (TPSA) is 102 Å². The maximum atomic E-state index is 13.5. The lowest BCUT2D eigenvalue weighted by atomic mass is 9.87. The van der Waals surface area contributed by atoms with Gasteiger partial charge in [0.15, 0.2) is 0 Å². The number of benzene rings is 2. The van der Waals surface area contributed by atoms with Crippen molar-refractivity contribution in [2.24, 2.45) is 5.92 Å². The zero-order chi connectivity index (χ0) is 31.6. The number of amides is 1. The molecule has 2 aromatic carbocycles. The zero-order valence-corrected chi connectivity index (χ0v) is 26.7. The van der Waals surface area contributed by atoms with E-state index in [2.05, 4.69) is 38.2 Å². The molecular weight excluding hydrogens is 584 g/mol. The van der Waals surface area contributed by atoms with Gasteiger partial charge in [0.05, 0.1) is 12.5 Å². The molecule has 7 nitrogen and oxygen atoms in total. The molecule has 1 atom stereocenters. The lowest BCUT2D eigenvalue weighted by molar-refractivity contribution is -0.139. The van der Waals surface area contributed by atoms with Crippen LogP contribution in [0, 0.1) is 5.92 Å². The summed E-state index contributed by atoms with van der Waals surface area (Å²) in [6, 6.07) is 20.3. The van der Waals surface area contributed by atoms with Crippen LogP contribution in [0.1, 0.15) is 73.1 Å². The molecule has 8 heteroatoms. The SMILES string of the molecule is CC(C)(C)c1ccc(Oc2ccc3cc(C(=O)NC(Cc4ccc(-c5ccoc5)s4)C(=O)O)nc(CC4CCCC4)c3c2)cc1. The zero-order valence-electron chi connectivity index (χ0n) is 25.8. The Morgan fingerprint density at radius 3 is 2.47 bits per heavy atom. The maximum Gasteiger partial charge on any atom is 0.326 e. The number of hydrogen-bond donors (Lipinski definition) is 2. The predicted molar refractivity (Wildman–Crippen MR) is 177 cm³/mol. The van der Waals surface area contributed by atoms with Crippen LogP contribution >= 0.6 is 11.3 Å². The van der Waals surface area contributed by atoms with E-state index >= 15 is 0 Å². The van der Waals surface area contributed by atoms with Crippen molar-refractivity contribution >= 4 is 34.0 Å². The summed E-state index contributed by atoms with van der Waals surface area (Å²) in [4.78, 5) is 32.4. The fourth-order valence-electron chi connectivity index (χ4n) is 5.96. The third kappa shape index (κ3) is 7.28. The highest BCUT2D eigenvalue weighted by atomic mass is 32.1. The number of thiophene rings is 1. The molecule has 1 amide bonds. The number of nitrogens with one attached hydrogen (secondary N) is 1. The molecular formula is C37H38N2O5S. The van der Waals surface area contributed by atoms with Crippen LogP contribution in [0.3, 0.4) is 0 Å². The van der Waals surface area contributed by atoms with Crippen LogP contribution in [-0.4, -0.2) is 28.0 Å². The number of carboxylic acid groups (broad SMARTS) is 1. The minimum atomic E-state index is -1.09. The predicted octanol–water partition coefficient (Wildman–Crippen LogP) is 8.80. The summed E-state index contributed by atoms with van der Waals surface area (Å²) in [6.45, 7) is 6.55. The summed E-state index contributed by atoms with van der Waals surface area (Å²) >= 11 is 1.48. The summed E-state index contributed by atoms with van der Waals surface area (Å²) in [5.41, 5.74) is 3.29. The first-order valence-corrected chi connectivity index (χ1v) is 16.3. The van der Waals surface area contributed by atoms with Gasteiger partial charge >= 0.3 is 5.97 Å². The van der Waals surface area contributed by atoms with Crippen LogP contribution < -0.4 is 10.1 Å². The Labute approximate surface area is 267 Å². The van der Waals surface area contributed by atoms with Gasteiger partial charge in [-0.05, 0) is 77.2 Å². The first-order valence-electron chi connectivity index (χ1n) is 15.5. The van der Waals surface area contributed by atoms with Crippen molar-refractivity contribution < 1.29 is 23.8 Å². The molecule has 1 saturated carbocycles. The van der Waals surface area contributed by atoms with Gasteiger partial charge in [-0.25, -0.2) is 9.78 Å². The molecule has 5 aromatic rings. The van der Waals surface area contributed by atoms with Crippen molar-refractivity contribution in [2.45, 2.75) is 70.8 Å². The van der Waals surface area contributed by atoms with Gasteiger partial charge in [-0.15, -0.1) is 11.3 Å². The molecule has 2 N–H and O–H groups in total. The molecule has 1 aliphatic rings. The summed E-state index contributed by atoms with van der Waals surface area (Å²) in [6.07, 6.45) is 8.86. The Balaban J connectivity index is 1.24. The second kappa shape index (κ2) is 12.9. The molecule has 3 heterocycles. The largest absolute Gasteiger partial charge is 0.480 e. The Morgan fingerprint density at radius 1 is 1.02 bits per heavy atom. The second-order valence-corrected chi connectivity index (χ2v) is 14.1. The van der Waals surface area contributed by atoms with Gasteiger partial charge in [0.25, 0.3) is 5.91 Å². The average Bonchev–Trinajstić information content (AvgIpc) is 3.80. The van der Waals surface area contributed by atoms with Gasteiger partial charge in [0, 0.05) is 32.8 Å². The number of pyridine rings is 1. The molecule has 0 spiro atoms. The number of carbonyl (C=O) groups is 2. The number of rotatable bonds is 10. The lowest BCUT2D eigenvalue weighted by Crippen LogP contribution is -2.42. The van der Waals surface area contributed by atoms with Crippen molar-refractivity contribution in [1.29, 1.82) is 0 Å².